The SMILES string of the molecule is CC(Oc1ccccc1Br)C1CNC1. The number of ether oxygens (including phenoxy) is 1. The normalized spacial score (nSPS) is 18.7. The molecule has 1 fully saturated rings. The van der Waals surface area contributed by atoms with Gasteiger partial charge in [0.1, 0.15) is 11.9 Å². The van der Waals surface area contributed by atoms with Crippen LogP contribution in [0, 0.1) is 5.92 Å². The minimum absolute atomic E-state index is 0.287. The zero-order chi connectivity index (χ0) is 9.97. The standard InChI is InChI=1S/C11H14BrNO/c1-8(9-6-13-7-9)14-11-5-3-2-4-10(11)12/h2-5,8-9,13H,6-7H2,1H3. The largest absolute Gasteiger partial charge is 0.489 e. The summed E-state index contributed by atoms with van der Waals surface area (Å²) in [5, 5.41) is 3.25. The second-order valence-electron chi connectivity index (χ2n) is 3.67. The smallest absolute Gasteiger partial charge is 0.133 e. The van der Waals surface area contributed by atoms with E-state index in [2.05, 4.69) is 28.2 Å². The summed E-state index contributed by atoms with van der Waals surface area (Å²) in [4.78, 5) is 0. The van der Waals surface area contributed by atoms with Crippen molar-refractivity contribution in [3.63, 3.8) is 0 Å². The fourth-order valence-electron chi connectivity index (χ4n) is 1.48. The number of para-hydroxylation sites is 1. The van der Waals surface area contributed by atoms with Gasteiger partial charge in [-0.3, -0.25) is 0 Å². The molecule has 1 N–H and O–H groups in total. The Hall–Kier alpha value is -0.540. The molecule has 1 aliphatic rings. The third kappa shape index (κ3) is 2.10. The second kappa shape index (κ2) is 4.32. The van der Waals surface area contributed by atoms with Crippen LogP contribution in [0.2, 0.25) is 0 Å². The van der Waals surface area contributed by atoms with Crippen molar-refractivity contribution >= 4 is 15.9 Å². The number of halogens is 1. The van der Waals surface area contributed by atoms with Crippen LogP contribution in [0.25, 0.3) is 0 Å². The zero-order valence-corrected chi connectivity index (χ0v) is 9.75. The first-order valence-electron chi connectivity index (χ1n) is 4.89. The van der Waals surface area contributed by atoms with Crippen molar-refractivity contribution < 1.29 is 4.74 Å². The molecule has 76 valence electrons. The van der Waals surface area contributed by atoms with Crippen molar-refractivity contribution in [2.45, 2.75) is 13.0 Å². The summed E-state index contributed by atoms with van der Waals surface area (Å²) < 4.78 is 6.89. The van der Waals surface area contributed by atoms with Gasteiger partial charge >= 0.3 is 0 Å². The molecule has 1 unspecified atom stereocenters. The third-order valence-corrected chi connectivity index (χ3v) is 3.28. The maximum absolute atomic E-state index is 5.86. The molecule has 1 aromatic carbocycles. The molecular formula is C11H14BrNO. The van der Waals surface area contributed by atoms with E-state index >= 15 is 0 Å². The minimum Gasteiger partial charge on any atom is -0.489 e. The molecule has 0 saturated carbocycles. The predicted octanol–water partition coefficient (Wildman–Crippen LogP) is 2.44. The molecule has 3 heteroatoms. The van der Waals surface area contributed by atoms with Crippen molar-refractivity contribution in [1.82, 2.24) is 5.32 Å². The summed E-state index contributed by atoms with van der Waals surface area (Å²) in [7, 11) is 0. The number of benzene rings is 1. The lowest BCUT2D eigenvalue weighted by Crippen LogP contribution is -2.49. The lowest BCUT2D eigenvalue weighted by atomic mass is 9.98. The van der Waals surface area contributed by atoms with E-state index in [4.69, 9.17) is 4.74 Å². The Labute approximate surface area is 92.8 Å². The zero-order valence-electron chi connectivity index (χ0n) is 8.16. The monoisotopic (exact) mass is 255 g/mol. The van der Waals surface area contributed by atoms with Crippen molar-refractivity contribution in [3.05, 3.63) is 28.7 Å². The summed E-state index contributed by atoms with van der Waals surface area (Å²) in [6.07, 6.45) is 0.287. The van der Waals surface area contributed by atoms with Crippen LogP contribution >= 0.6 is 15.9 Å². The highest BCUT2D eigenvalue weighted by atomic mass is 79.9. The highest BCUT2D eigenvalue weighted by Crippen LogP contribution is 2.26. The van der Waals surface area contributed by atoms with Gasteiger partial charge in [-0.25, -0.2) is 0 Å². The van der Waals surface area contributed by atoms with Crippen molar-refractivity contribution in [1.29, 1.82) is 0 Å². The molecule has 0 bridgehead atoms. The van der Waals surface area contributed by atoms with Crippen LogP contribution in [0.4, 0.5) is 0 Å². The molecule has 1 atom stereocenters. The average Bonchev–Trinajstić information content (AvgIpc) is 2.05. The Morgan fingerprint density at radius 3 is 2.71 bits per heavy atom. The lowest BCUT2D eigenvalue weighted by Gasteiger charge is -2.32. The quantitative estimate of drug-likeness (QED) is 0.896. The van der Waals surface area contributed by atoms with E-state index in [9.17, 15) is 0 Å². The van der Waals surface area contributed by atoms with Crippen LogP contribution in [0.5, 0.6) is 5.75 Å². The number of nitrogens with one attached hydrogen (secondary N) is 1. The molecule has 0 spiro atoms. The first-order valence-corrected chi connectivity index (χ1v) is 5.68. The summed E-state index contributed by atoms with van der Waals surface area (Å²) >= 11 is 3.47. The van der Waals surface area contributed by atoms with E-state index in [1.807, 2.05) is 24.3 Å². The average molecular weight is 256 g/mol. The van der Waals surface area contributed by atoms with E-state index in [1.54, 1.807) is 0 Å². The topological polar surface area (TPSA) is 21.3 Å². The lowest BCUT2D eigenvalue weighted by molar-refractivity contribution is 0.114. The molecule has 14 heavy (non-hydrogen) atoms. The van der Waals surface area contributed by atoms with Gasteiger partial charge in [0, 0.05) is 19.0 Å². The first-order chi connectivity index (χ1) is 6.77. The van der Waals surface area contributed by atoms with Gasteiger partial charge in [-0.1, -0.05) is 12.1 Å². The summed E-state index contributed by atoms with van der Waals surface area (Å²) in [6, 6.07) is 7.98. The van der Waals surface area contributed by atoms with Gasteiger partial charge < -0.3 is 10.1 Å². The van der Waals surface area contributed by atoms with Gasteiger partial charge in [0.2, 0.25) is 0 Å². The van der Waals surface area contributed by atoms with Crippen LogP contribution in [-0.4, -0.2) is 19.2 Å². The van der Waals surface area contributed by atoms with E-state index in [0.29, 0.717) is 5.92 Å². The molecule has 0 aromatic heterocycles. The summed E-state index contributed by atoms with van der Waals surface area (Å²) in [6.45, 7) is 4.28. The molecule has 0 amide bonds. The van der Waals surface area contributed by atoms with Gasteiger partial charge in [-0.05, 0) is 35.0 Å². The van der Waals surface area contributed by atoms with Crippen LogP contribution in [0.3, 0.4) is 0 Å². The fourth-order valence-corrected chi connectivity index (χ4v) is 1.86. The number of hydrogen-bond acceptors (Lipinski definition) is 2. The van der Waals surface area contributed by atoms with Gasteiger partial charge in [-0.15, -0.1) is 0 Å². The predicted molar refractivity (Wildman–Crippen MR) is 60.6 cm³/mol. The maximum Gasteiger partial charge on any atom is 0.133 e. The van der Waals surface area contributed by atoms with E-state index < -0.39 is 0 Å². The number of rotatable bonds is 3. The molecule has 1 aromatic rings. The summed E-state index contributed by atoms with van der Waals surface area (Å²) in [5.41, 5.74) is 0. The van der Waals surface area contributed by atoms with Crippen LogP contribution in [0.15, 0.2) is 28.7 Å². The molecule has 1 aliphatic heterocycles. The van der Waals surface area contributed by atoms with Crippen LogP contribution in [0.1, 0.15) is 6.92 Å². The number of hydrogen-bond donors (Lipinski definition) is 1. The van der Waals surface area contributed by atoms with E-state index in [0.717, 1.165) is 23.3 Å². The molecule has 0 radical (unpaired) electrons. The van der Waals surface area contributed by atoms with E-state index in [-0.39, 0.29) is 6.10 Å². The molecule has 1 saturated heterocycles. The Morgan fingerprint density at radius 2 is 2.14 bits per heavy atom. The van der Waals surface area contributed by atoms with Gasteiger partial charge in [0.25, 0.3) is 0 Å². The van der Waals surface area contributed by atoms with Crippen molar-refractivity contribution in [3.8, 4) is 5.75 Å². The van der Waals surface area contributed by atoms with Gasteiger partial charge in [0.05, 0.1) is 4.47 Å². The van der Waals surface area contributed by atoms with E-state index in [1.165, 1.54) is 0 Å². The molecule has 0 aliphatic carbocycles. The highest BCUT2D eigenvalue weighted by Gasteiger charge is 2.25. The molecule has 2 nitrogen and oxygen atoms in total. The second-order valence-corrected chi connectivity index (χ2v) is 4.53. The molecule has 1 heterocycles. The Kier molecular flexibility index (Phi) is 3.08. The Morgan fingerprint density at radius 1 is 1.43 bits per heavy atom. The van der Waals surface area contributed by atoms with Crippen molar-refractivity contribution in [2.24, 2.45) is 5.92 Å². The maximum atomic E-state index is 5.86. The van der Waals surface area contributed by atoms with Gasteiger partial charge in [0.15, 0.2) is 0 Å². The molecule has 2 rings (SSSR count). The van der Waals surface area contributed by atoms with Crippen molar-refractivity contribution in [2.75, 3.05) is 13.1 Å². The fraction of sp³-hybridized carbons (Fsp3) is 0.455. The third-order valence-electron chi connectivity index (χ3n) is 2.63. The highest BCUT2D eigenvalue weighted by molar-refractivity contribution is 9.10. The van der Waals surface area contributed by atoms with Crippen LogP contribution < -0.4 is 10.1 Å². The first kappa shape index (κ1) is 9.99. The minimum atomic E-state index is 0.287. The molecular weight excluding hydrogens is 242 g/mol. The van der Waals surface area contributed by atoms with Crippen LogP contribution in [-0.2, 0) is 0 Å². The summed E-state index contributed by atoms with van der Waals surface area (Å²) in [5.74, 6) is 1.59. The Balaban J connectivity index is 1.99. The Bertz CT molecular complexity index is 312. The van der Waals surface area contributed by atoms with Gasteiger partial charge in [-0.2, -0.15) is 0 Å².